The summed E-state index contributed by atoms with van der Waals surface area (Å²) in [5.74, 6) is 0. The van der Waals surface area contributed by atoms with E-state index in [2.05, 4.69) is 258 Å². The van der Waals surface area contributed by atoms with Crippen molar-refractivity contribution < 1.29 is 0 Å². The fraction of sp³-hybridized carbons (Fsp3) is 0.0154. The van der Waals surface area contributed by atoms with E-state index in [1.165, 1.54) is 94.4 Å². The average Bonchev–Trinajstić information content (AvgIpc) is 3.91. The smallest absolute Gasteiger partial charge is 0.0625 e. The summed E-state index contributed by atoms with van der Waals surface area (Å²) < 4.78 is 5.02. The molecule has 0 bridgehead atoms. The SMILES string of the molecule is C=C/C=C(\C=C/C)c1ccc(-c2ccc3c4c(n(-c5ccccc5)c3c2)-c2ccccc2-c2c(n(-c3ccccc3)c3cc(-c5ccc(-c6ccccc6)cc5)ccc23)-c2ccccc2-4)cc1. The third-order valence-corrected chi connectivity index (χ3v) is 13.4. The van der Waals surface area contributed by atoms with Crippen LogP contribution < -0.4 is 0 Å². The van der Waals surface area contributed by atoms with Crippen molar-refractivity contribution in [2.45, 2.75) is 6.92 Å². The standard InChI is InChI=1S/C65H46N2/c1-3-18-44(19-4-2)46-30-34-48(35-31-46)50-38-40-58-60(42-50)66(52-22-10-6-11-23-52)64-56-28-16-15-27-55(56)63-59-41-39-51(49-36-32-47(33-37-49)45-20-8-5-9-21-45)43-61(59)67(53-24-12-7-13-25-53)65(63)57-29-17-14-26-54(57)62(58)64/h3-43H,1H2,2H3/b19-4-,44-18+,62-54?,63-55?,64-56?,65-57?. The molecular formula is C65H46N2. The lowest BCUT2D eigenvalue weighted by atomic mass is 9.84. The van der Waals surface area contributed by atoms with Crippen molar-refractivity contribution in [2.24, 2.45) is 0 Å². The van der Waals surface area contributed by atoms with E-state index < -0.39 is 0 Å². The van der Waals surface area contributed by atoms with Crippen molar-refractivity contribution in [1.29, 1.82) is 0 Å². The number of aromatic nitrogens is 2. The summed E-state index contributed by atoms with van der Waals surface area (Å²) in [5.41, 5.74) is 23.6. The molecule has 11 aromatic rings. The summed E-state index contributed by atoms with van der Waals surface area (Å²) in [4.78, 5) is 0. The zero-order valence-corrected chi connectivity index (χ0v) is 37.3. The third-order valence-electron chi connectivity index (χ3n) is 13.4. The second-order valence-corrected chi connectivity index (χ2v) is 17.2. The minimum Gasteiger partial charge on any atom is -0.309 e. The first-order valence-corrected chi connectivity index (χ1v) is 23.1. The van der Waals surface area contributed by atoms with Gasteiger partial charge in [0.15, 0.2) is 0 Å². The van der Waals surface area contributed by atoms with Crippen LogP contribution in [0.3, 0.4) is 0 Å². The Labute approximate surface area is 392 Å². The fourth-order valence-electron chi connectivity index (χ4n) is 10.4. The van der Waals surface area contributed by atoms with Gasteiger partial charge in [-0.3, -0.25) is 0 Å². The molecule has 0 aliphatic heterocycles. The predicted molar refractivity (Wildman–Crippen MR) is 285 cm³/mol. The van der Waals surface area contributed by atoms with Crippen LogP contribution in [0.15, 0.2) is 255 Å². The maximum atomic E-state index is 3.95. The van der Waals surface area contributed by atoms with Crippen LogP contribution >= 0.6 is 0 Å². The van der Waals surface area contributed by atoms with Crippen LogP contribution in [-0.4, -0.2) is 9.13 Å². The van der Waals surface area contributed by atoms with Gasteiger partial charge in [0.1, 0.15) is 0 Å². The van der Waals surface area contributed by atoms with Gasteiger partial charge in [0.2, 0.25) is 0 Å². The van der Waals surface area contributed by atoms with Crippen LogP contribution in [0.2, 0.25) is 0 Å². The topological polar surface area (TPSA) is 9.86 Å². The molecule has 2 nitrogen and oxygen atoms in total. The Hall–Kier alpha value is -8.72. The molecule has 0 saturated carbocycles. The second kappa shape index (κ2) is 16.7. The number of hydrogen-bond acceptors (Lipinski definition) is 0. The van der Waals surface area contributed by atoms with E-state index in [1.54, 1.807) is 0 Å². The van der Waals surface area contributed by atoms with Gasteiger partial charge in [0.05, 0.1) is 22.4 Å². The zero-order valence-electron chi connectivity index (χ0n) is 37.3. The van der Waals surface area contributed by atoms with Gasteiger partial charge in [0.25, 0.3) is 0 Å². The highest BCUT2D eigenvalue weighted by Gasteiger charge is 2.32. The van der Waals surface area contributed by atoms with E-state index in [0.717, 1.165) is 28.0 Å². The van der Waals surface area contributed by atoms with E-state index in [9.17, 15) is 0 Å². The maximum absolute atomic E-state index is 3.95. The van der Waals surface area contributed by atoms with Crippen LogP contribution in [0.4, 0.5) is 0 Å². The van der Waals surface area contributed by atoms with E-state index in [-0.39, 0.29) is 0 Å². The molecule has 2 aromatic heterocycles. The van der Waals surface area contributed by atoms with E-state index in [0.29, 0.717) is 0 Å². The molecule has 0 saturated heterocycles. The largest absolute Gasteiger partial charge is 0.309 e. The Morgan fingerprint density at radius 2 is 0.761 bits per heavy atom. The lowest BCUT2D eigenvalue weighted by Crippen LogP contribution is -2.03. The Balaban J connectivity index is 1.13. The van der Waals surface area contributed by atoms with Crippen LogP contribution in [0.25, 0.3) is 117 Å². The van der Waals surface area contributed by atoms with Crippen molar-refractivity contribution in [3.05, 3.63) is 261 Å². The molecule has 12 rings (SSSR count). The van der Waals surface area contributed by atoms with Crippen molar-refractivity contribution in [3.63, 3.8) is 0 Å². The Kier molecular flexibility index (Phi) is 9.92. The first-order valence-electron chi connectivity index (χ1n) is 23.1. The first-order chi connectivity index (χ1) is 33.2. The number of rotatable bonds is 8. The zero-order chi connectivity index (χ0) is 44.8. The fourth-order valence-corrected chi connectivity index (χ4v) is 10.4. The lowest BCUT2D eigenvalue weighted by molar-refractivity contribution is 1.13. The van der Waals surface area contributed by atoms with Crippen molar-refractivity contribution in [1.82, 2.24) is 9.13 Å². The number of allylic oxidation sites excluding steroid dienone is 5. The average molecular weight is 855 g/mol. The minimum absolute atomic E-state index is 1.12. The summed E-state index contributed by atoms with van der Waals surface area (Å²) in [6.45, 7) is 6.00. The van der Waals surface area contributed by atoms with Crippen molar-refractivity contribution in [2.75, 3.05) is 0 Å². The lowest BCUT2D eigenvalue weighted by Gasteiger charge is -2.23. The monoisotopic (exact) mass is 854 g/mol. The molecule has 2 heterocycles. The number of nitrogens with zero attached hydrogens (tertiary/aromatic N) is 2. The maximum Gasteiger partial charge on any atom is 0.0625 e. The predicted octanol–water partition coefficient (Wildman–Crippen LogP) is 17.7. The molecule has 0 spiro atoms. The molecule has 0 fully saturated rings. The van der Waals surface area contributed by atoms with Gasteiger partial charge in [-0.1, -0.05) is 219 Å². The van der Waals surface area contributed by atoms with Crippen LogP contribution in [0, 0.1) is 0 Å². The number of hydrogen-bond donors (Lipinski definition) is 0. The third kappa shape index (κ3) is 6.73. The van der Waals surface area contributed by atoms with E-state index >= 15 is 0 Å². The summed E-state index contributed by atoms with van der Waals surface area (Å²) in [6, 6.07) is 82.5. The van der Waals surface area contributed by atoms with Crippen LogP contribution in [-0.2, 0) is 0 Å². The van der Waals surface area contributed by atoms with Crippen LogP contribution in [0.5, 0.6) is 0 Å². The molecule has 9 aromatic carbocycles. The minimum atomic E-state index is 1.12. The molecule has 2 heteroatoms. The van der Waals surface area contributed by atoms with Gasteiger partial charge < -0.3 is 9.13 Å². The van der Waals surface area contributed by atoms with Gasteiger partial charge in [-0.25, -0.2) is 0 Å². The highest BCUT2D eigenvalue weighted by Crippen LogP contribution is 2.55. The van der Waals surface area contributed by atoms with Gasteiger partial charge in [-0.15, -0.1) is 0 Å². The molecule has 67 heavy (non-hydrogen) atoms. The van der Waals surface area contributed by atoms with Gasteiger partial charge in [-0.2, -0.15) is 0 Å². The summed E-state index contributed by atoms with van der Waals surface area (Å²) in [6.07, 6.45) is 8.11. The molecule has 0 N–H and O–H groups in total. The highest BCUT2D eigenvalue weighted by molar-refractivity contribution is 6.17. The summed E-state index contributed by atoms with van der Waals surface area (Å²) in [7, 11) is 0. The van der Waals surface area contributed by atoms with E-state index in [4.69, 9.17) is 0 Å². The quantitative estimate of drug-likeness (QED) is 0.135. The highest BCUT2D eigenvalue weighted by atomic mass is 15.0. The summed E-state index contributed by atoms with van der Waals surface area (Å²) >= 11 is 0. The van der Waals surface area contributed by atoms with E-state index in [1.807, 2.05) is 13.0 Å². The van der Waals surface area contributed by atoms with Gasteiger partial charge in [0, 0.05) is 44.4 Å². The molecule has 1 aliphatic carbocycles. The number of para-hydroxylation sites is 2. The van der Waals surface area contributed by atoms with Crippen LogP contribution in [0.1, 0.15) is 12.5 Å². The second-order valence-electron chi connectivity index (χ2n) is 17.2. The normalized spacial score (nSPS) is 12.0. The molecule has 0 radical (unpaired) electrons. The Bertz CT molecular complexity index is 3710. The number of benzene rings is 9. The molecule has 0 unspecified atom stereocenters. The van der Waals surface area contributed by atoms with Gasteiger partial charge in [-0.05, 0) is 99.0 Å². The molecule has 0 atom stereocenters. The number of fused-ring (bicyclic) bond motifs is 12. The molecule has 316 valence electrons. The van der Waals surface area contributed by atoms with Crippen molar-refractivity contribution >= 4 is 27.4 Å². The van der Waals surface area contributed by atoms with Crippen molar-refractivity contribution in [3.8, 4) is 89.5 Å². The molecular weight excluding hydrogens is 809 g/mol. The first kappa shape index (κ1) is 39.8. The Morgan fingerprint density at radius 1 is 0.388 bits per heavy atom. The molecule has 1 aliphatic rings. The molecule has 0 amide bonds. The summed E-state index contributed by atoms with van der Waals surface area (Å²) in [5, 5.41) is 2.42. The Morgan fingerprint density at radius 3 is 1.21 bits per heavy atom. The van der Waals surface area contributed by atoms with Gasteiger partial charge >= 0.3 is 0 Å².